The fourth-order valence-electron chi connectivity index (χ4n) is 2.37. The molecule has 0 radical (unpaired) electrons. The molecule has 0 atom stereocenters. The SMILES string of the molecule is N#CCc1ccc(NC(=O)NC2CCC(O)CC2)cc1. The Bertz CT molecular complexity index is 485. The number of amides is 2. The molecule has 5 heteroatoms. The molecule has 1 aliphatic carbocycles. The first-order chi connectivity index (χ1) is 9.67. The van der Waals surface area contributed by atoms with Crippen molar-refractivity contribution in [1.29, 1.82) is 5.26 Å². The number of hydrogen-bond donors (Lipinski definition) is 3. The number of rotatable bonds is 3. The van der Waals surface area contributed by atoms with E-state index in [9.17, 15) is 9.90 Å². The van der Waals surface area contributed by atoms with Crippen LogP contribution in [0.1, 0.15) is 31.2 Å². The van der Waals surface area contributed by atoms with E-state index in [0.29, 0.717) is 12.1 Å². The van der Waals surface area contributed by atoms with Crippen LogP contribution in [0.15, 0.2) is 24.3 Å². The van der Waals surface area contributed by atoms with Gasteiger partial charge in [-0.25, -0.2) is 4.79 Å². The van der Waals surface area contributed by atoms with E-state index in [0.717, 1.165) is 31.2 Å². The van der Waals surface area contributed by atoms with Gasteiger partial charge in [-0.2, -0.15) is 5.26 Å². The highest BCUT2D eigenvalue weighted by molar-refractivity contribution is 5.89. The molecule has 5 nitrogen and oxygen atoms in total. The highest BCUT2D eigenvalue weighted by Crippen LogP contribution is 2.18. The van der Waals surface area contributed by atoms with Gasteiger partial charge in [-0.3, -0.25) is 0 Å². The van der Waals surface area contributed by atoms with Crippen LogP contribution < -0.4 is 10.6 Å². The number of aliphatic hydroxyl groups is 1. The fourth-order valence-corrected chi connectivity index (χ4v) is 2.37. The van der Waals surface area contributed by atoms with E-state index < -0.39 is 0 Å². The molecule has 0 spiro atoms. The summed E-state index contributed by atoms with van der Waals surface area (Å²) in [7, 11) is 0. The summed E-state index contributed by atoms with van der Waals surface area (Å²) in [5.74, 6) is 0. The summed E-state index contributed by atoms with van der Waals surface area (Å²) in [4.78, 5) is 11.8. The lowest BCUT2D eigenvalue weighted by Gasteiger charge is -2.26. The molecule has 2 amide bonds. The Balaban J connectivity index is 1.80. The van der Waals surface area contributed by atoms with Crippen molar-refractivity contribution in [1.82, 2.24) is 5.32 Å². The van der Waals surface area contributed by atoms with E-state index in [1.54, 1.807) is 12.1 Å². The predicted octanol–water partition coefficient (Wildman–Crippen LogP) is 2.18. The molecule has 0 aromatic heterocycles. The summed E-state index contributed by atoms with van der Waals surface area (Å²) in [6, 6.07) is 9.23. The second kappa shape index (κ2) is 6.92. The minimum absolute atomic E-state index is 0.135. The van der Waals surface area contributed by atoms with Gasteiger partial charge < -0.3 is 15.7 Å². The average molecular weight is 273 g/mol. The monoisotopic (exact) mass is 273 g/mol. The summed E-state index contributed by atoms with van der Waals surface area (Å²) in [6.45, 7) is 0. The first kappa shape index (κ1) is 14.4. The van der Waals surface area contributed by atoms with E-state index in [4.69, 9.17) is 5.26 Å². The van der Waals surface area contributed by atoms with Crippen LogP contribution in [-0.4, -0.2) is 23.3 Å². The van der Waals surface area contributed by atoms with Gasteiger partial charge in [-0.1, -0.05) is 12.1 Å². The number of nitrogens with one attached hydrogen (secondary N) is 2. The molecule has 1 aliphatic rings. The van der Waals surface area contributed by atoms with Crippen molar-refractivity contribution in [2.75, 3.05) is 5.32 Å². The van der Waals surface area contributed by atoms with E-state index in [1.165, 1.54) is 0 Å². The minimum atomic E-state index is -0.223. The van der Waals surface area contributed by atoms with Gasteiger partial charge in [0.1, 0.15) is 0 Å². The third-order valence-corrected chi connectivity index (χ3v) is 3.53. The number of carbonyl (C=O) groups is 1. The Labute approximate surface area is 118 Å². The number of carbonyl (C=O) groups excluding carboxylic acids is 1. The van der Waals surface area contributed by atoms with Crippen molar-refractivity contribution in [3.8, 4) is 6.07 Å². The van der Waals surface area contributed by atoms with E-state index in [2.05, 4.69) is 16.7 Å². The molecule has 106 valence electrons. The number of urea groups is 1. The Morgan fingerprint density at radius 3 is 2.50 bits per heavy atom. The van der Waals surface area contributed by atoms with Gasteiger partial charge in [0.2, 0.25) is 0 Å². The van der Waals surface area contributed by atoms with Crippen LogP contribution in [0.4, 0.5) is 10.5 Å². The van der Waals surface area contributed by atoms with Crippen LogP contribution in [0, 0.1) is 11.3 Å². The van der Waals surface area contributed by atoms with Gasteiger partial charge in [0.05, 0.1) is 18.6 Å². The molecule has 3 N–H and O–H groups in total. The summed E-state index contributed by atoms with van der Waals surface area (Å²) in [5.41, 5.74) is 1.64. The number of anilines is 1. The maximum Gasteiger partial charge on any atom is 0.319 e. The maximum absolute atomic E-state index is 11.8. The Hall–Kier alpha value is -2.06. The van der Waals surface area contributed by atoms with Crippen LogP contribution in [0.3, 0.4) is 0 Å². The summed E-state index contributed by atoms with van der Waals surface area (Å²) in [5, 5.41) is 23.7. The molecule has 2 rings (SSSR count). The van der Waals surface area contributed by atoms with Crippen molar-refractivity contribution in [3.05, 3.63) is 29.8 Å². The van der Waals surface area contributed by atoms with Crippen molar-refractivity contribution in [2.24, 2.45) is 0 Å². The van der Waals surface area contributed by atoms with Crippen LogP contribution >= 0.6 is 0 Å². The molecule has 0 aliphatic heterocycles. The molecule has 0 unspecified atom stereocenters. The maximum atomic E-state index is 11.8. The summed E-state index contributed by atoms with van der Waals surface area (Å²) >= 11 is 0. The van der Waals surface area contributed by atoms with Crippen molar-refractivity contribution >= 4 is 11.7 Å². The molecule has 0 bridgehead atoms. The summed E-state index contributed by atoms with van der Waals surface area (Å²) < 4.78 is 0. The molecule has 1 saturated carbocycles. The second-order valence-electron chi connectivity index (χ2n) is 5.14. The lowest BCUT2D eigenvalue weighted by atomic mass is 9.93. The van der Waals surface area contributed by atoms with Gasteiger partial charge in [0.15, 0.2) is 0 Å². The van der Waals surface area contributed by atoms with Crippen LogP contribution in [-0.2, 0) is 6.42 Å². The molecule has 1 fully saturated rings. The van der Waals surface area contributed by atoms with Gasteiger partial charge in [0.25, 0.3) is 0 Å². The zero-order chi connectivity index (χ0) is 14.4. The molecule has 1 aromatic carbocycles. The van der Waals surface area contributed by atoms with Crippen LogP contribution in [0.2, 0.25) is 0 Å². The topological polar surface area (TPSA) is 85.2 Å². The smallest absolute Gasteiger partial charge is 0.319 e. The molecule has 1 aromatic rings. The van der Waals surface area contributed by atoms with Gasteiger partial charge >= 0.3 is 6.03 Å². The zero-order valence-electron chi connectivity index (χ0n) is 11.3. The number of aliphatic hydroxyl groups excluding tert-OH is 1. The number of benzene rings is 1. The normalized spacial score (nSPS) is 21.8. The van der Waals surface area contributed by atoms with Gasteiger partial charge in [0, 0.05) is 11.7 Å². The largest absolute Gasteiger partial charge is 0.393 e. The second-order valence-corrected chi connectivity index (χ2v) is 5.14. The minimum Gasteiger partial charge on any atom is -0.393 e. The Kier molecular flexibility index (Phi) is 4.97. The van der Waals surface area contributed by atoms with E-state index in [-0.39, 0.29) is 18.2 Å². The number of hydrogen-bond acceptors (Lipinski definition) is 3. The zero-order valence-corrected chi connectivity index (χ0v) is 11.3. The predicted molar refractivity (Wildman–Crippen MR) is 76.2 cm³/mol. The van der Waals surface area contributed by atoms with E-state index >= 15 is 0 Å². The highest BCUT2D eigenvalue weighted by atomic mass is 16.3. The molecule has 0 saturated heterocycles. The molecular formula is C15H19N3O2. The van der Waals surface area contributed by atoms with E-state index in [1.807, 2.05) is 12.1 Å². The average Bonchev–Trinajstić information content (AvgIpc) is 2.44. The fraction of sp³-hybridized carbons (Fsp3) is 0.467. The van der Waals surface area contributed by atoms with Gasteiger partial charge in [-0.05, 0) is 43.4 Å². The number of nitriles is 1. The molecule has 20 heavy (non-hydrogen) atoms. The van der Waals surface area contributed by atoms with Crippen molar-refractivity contribution in [3.63, 3.8) is 0 Å². The molecule has 0 heterocycles. The summed E-state index contributed by atoms with van der Waals surface area (Å²) in [6.07, 6.45) is 3.27. The lowest BCUT2D eigenvalue weighted by Crippen LogP contribution is -2.40. The Morgan fingerprint density at radius 1 is 1.25 bits per heavy atom. The standard InChI is InChI=1S/C15H19N3O2/c16-10-9-11-1-3-12(4-2-11)17-15(20)18-13-5-7-14(19)8-6-13/h1-4,13-14,19H,5-9H2,(H2,17,18,20). The first-order valence-electron chi connectivity index (χ1n) is 6.89. The number of nitrogens with zero attached hydrogens (tertiary/aromatic N) is 1. The molecular weight excluding hydrogens is 254 g/mol. The third-order valence-electron chi connectivity index (χ3n) is 3.53. The van der Waals surface area contributed by atoms with Crippen LogP contribution in [0.25, 0.3) is 0 Å². The first-order valence-corrected chi connectivity index (χ1v) is 6.89. The quantitative estimate of drug-likeness (QED) is 0.789. The van der Waals surface area contributed by atoms with Crippen molar-refractivity contribution < 1.29 is 9.90 Å². The van der Waals surface area contributed by atoms with Crippen molar-refractivity contribution in [2.45, 2.75) is 44.2 Å². The highest BCUT2D eigenvalue weighted by Gasteiger charge is 2.20. The Morgan fingerprint density at radius 2 is 1.90 bits per heavy atom. The van der Waals surface area contributed by atoms with Crippen LogP contribution in [0.5, 0.6) is 0 Å². The third kappa shape index (κ3) is 4.25. The lowest BCUT2D eigenvalue weighted by molar-refractivity contribution is 0.118. The van der Waals surface area contributed by atoms with Gasteiger partial charge in [-0.15, -0.1) is 0 Å².